The first kappa shape index (κ1) is 11.2. The van der Waals surface area contributed by atoms with Crippen LogP contribution in [0.4, 0.5) is 0 Å². The quantitative estimate of drug-likeness (QED) is 0.544. The Kier molecular flexibility index (Phi) is 5.94. The van der Waals surface area contributed by atoms with E-state index in [1.807, 2.05) is 0 Å². The number of hydrogen-bond donors (Lipinski definition) is 0. The summed E-state index contributed by atoms with van der Waals surface area (Å²) < 4.78 is 0. The van der Waals surface area contributed by atoms with Gasteiger partial charge in [-0.15, -0.1) is 0 Å². The lowest BCUT2D eigenvalue weighted by molar-refractivity contribution is 0.338. The molecular weight excluding hydrogens is 116 g/mol. The minimum absolute atomic E-state index is 0. The molecule has 0 saturated heterocycles. The van der Waals surface area contributed by atoms with Crippen molar-refractivity contribution >= 4 is 13.5 Å². The summed E-state index contributed by atoms with van der Waals surface area (Å²) >= 11 is 0. The third kappa shape index (κ3) is 4.51. The highest BCUT2D eigenvalue weighted by atomic mass is 32.1. The lowest BCUT2D eigenvalue weighted by Gasteiger charge is -2.18. The Morgan fingerprint density at radius 3 is 1.25 bits per heavy atom. The Morgan fingerprint density at radius 1 is 1.00 bits per heavy atom. The van der Waals surface area contributed by atoms with E-state index in [0.29, 0.717) is 5.41 Å². The van der Waals surface area contributed by atoms with Crippen LogP contribution in [0.15, 0.2) is 0 Å². The highest BCUT2D eigenvalue weighted by Crippen LogP contribution is 2.22. The highest BCUT2D eigenvalue weighted by Gasteiger charge is 2.09. The summed E-state index contributed by atoms with van der Waals surface area (Å²) in [6.07, 6.45) is 2.59. The lowest BCUT2D eigenvalue weighted by Crippen LogP contribution is -2.05. The second-order valence-electron chi connectivity index (χ2n) is 2.87. The van der Waals surface area contributed by atoms with Crippen LogP contribution in [0.1, 0.15) is 40.5 Å². The molecule has 0 atom stereocenters. The van der Waals surface area contributed by atoms with Gasteiger partial charge in [-0.2, -0.15) is 13.5 Å². The zero-order valence-corrected chi connectivity index (χ0v) is 7.41. The van der Waals surface area contributed by atoms with E-state index >= 15 is 0 Å². The molecule has 0 nitrogen and oxygen atoms in total. The smallest absolute Gasteiger partial charge is 0.0359 e. The summed E-state index contributed by atoms with van der Waals surface area (Å²) in [7, 11) is 0. The van der Waals surface area contributed by atoms with E-state index in [2.05, 4.69) is 27.7 Å². The molecule has 0 spiro atoms. The van der Waals surface area contributed by atoms with Crippen LogP contribution in [0.2, 0.25) is 0 Å². The van der Waals surface area contributed by atoms with Gasteiger partial charge in [-0.1, -0.05) is 40.5 Å². The molecular formula is C7H18S. The van der Waals surface area contributed by atoms with Crippen molar-refractivity contribution in [2.45, 2.75) is 40.5 Å². The van der Waals surface area contributed by atoms with Crippen LogP contribution in [0.3, 0.4) is 0 Å². The summed E-state index contributed by atoms with van der Waals surface area (Å²) in [5, 5.41) is 0. The molecule has 0 heterocycles. The summed E-state index contributed by atoms with van der Waals surface area (Å²) in [5.41, 5.74) is 0.583. The molecule has 0 aromatic rings. The van der Waals surface area contributed by atoms with Crippen LogP contribution >= 0.6 is 13.5 Å². The van der Waals surface area contributed by atoms with Gasteiger partial charge in [-0.25, -0.2) is 0 Å². The van der Waals surface area contributed by atoms with Crippen molar-refractivity contribution in [3.05, 3.63) is 0 Å². The van der Waals surface area contributed by atoms with E-state index in [1.54, 1.807) is 0 Å². The molecule has 0 amide bonds. The zero-order valence-electron chi connectivity index (χ0n) is 6.41. The first-order valence-electron chi connectivity index (χ1n) is 3.12. The lowest BCUT2D eigenvalue weighted by atomic mass is 9.88. The van der Waals surface area contributed by atoms with Gasteiger partial charge in [0.1, 0.15) is 0 Å². The van der Waals surface area contributed by atoms with Crippen LogP contribution in [0.5, 0.6) is 0 Å². The van der Waals surface area contributed by atoms with Crippen molar-refractivity contribution in [3.63, 3.8) is 0 Å². The Balaban J connectivity index is 0. The fraction of sp³-hybridized carbons (Fsp3) is 1.00. The molecule has 0 aromatic heterocycles. The summed E-state index contributed by atoms with van der Waals surface area (Å²) in [4.78, 5) is 0. The second kappa shape index (κ2) is 4.25. The Labute approximate surface area is 60.1 Å². The minimum Gasteiger partial charge on any atom is -0.197 e. The molecule has 0 rings (SSSR count). The van der Waals surface area contributed by atoms with E-state index in [9.17, 15) is 0 Å². The summed E-state index contributed by atoms with van der Waals surface area (Å²) in [6, 6.07) is 0. The Bertz CT molecular complexity index is 42.3. The zero-order chi connectivity index (χ0) is 5.91. The minimum atomic E-state index is 0. The maximum Gasteiger partial charge on any atom is -0.0359 e. The highest BCUT2D eigenvalue weighted by molar-refractivity contribution is 7.59. The van der Waals surface area contributed by atoms with Gasteiger partial charge in [-0.3, -0.25) is 0 Å². The van der Waals surface area contributed by atoms with E-state index in [-0.39, 0.29) is 13.5 Å². The van der Waals surface area contributed by atoms with E-state index in [1.165, 1.54) is 12.8 Å². The fourth-order valence-electron chi connectivity index (χ4n) is 0.250. The number of rotatable bonds is 2. The predicted octanol–water partition coefficient (Wildman–Crippen LogP) is 2.95. The van der Waals surface area contributed by atoms with Gasteiger partial charge < -0.3 is 0 Å². The van der Waals surface area contributed by atoms with Gasteiger partial charge in [-0.05, 0) is 5.41 Å². The molecule has 0 aliphatic heterocycles. The van der Waals surface area contributed by atoms with Crippen LogP contribution < -0.4 is 0 Å². The summed E-state index contributed by atoms with van der Waals surface area (Å²) in [5.74, 6) is 0. The van der Waals surface area contributed by atoms with Gasteiger partial charge in [0, 0.05) is 0 Å². The van der Waals surface area contributed by atoms with E-state index < -0.39 is 0 Å². The average molecular weight is 134 g/mol. The molecule has 1 heteroatoms. The maximum atomic E-state index is 2.30. The second-order valence-corrected chi connectivity index (χ2v) is 2.87. The molecule has 0 aliphatic carbocycles. The SMILES string of the molecule is CCC(C)(C)CC.S. The Hall–Kier alpha value is 0.350. The molecule has 8 heavy (non-hydrogen) atoms. The number of hydrogen-bond acceptors (Lipinski definition) is 0. The topological polar surface area (TPSA) is 0 Å². The predicted molar refractivity (Wildman–Crippen MR) is 44.7 cm³/mol. The molecule has 0 bridgehead atoms. The van der Waals surface area contributed by atoms with Crippen molar-refractivity contribution in [2.24, 2.45) is 5.41 Å². The molecule has 0 saturated carbocycles. The molecule has 0 N–H and O–H groups in total. The van der Waals surface area contributed by atoms with E-state index in [0.717, 1.165) is 0 Å². The van der Waals surface area contributed by atoms with Crippen LogP contribution in [0.25, 0.3) is 0 Å². The van der Waals surface area contributed by atoms with Crippen LogP contribution in [0, 0.1) is 5.41 Å². The average Bonchev–Trinajstić information content (AvgIpc) is 1.68. The third-order valence-electron chi connectivity index (χ3n) is 1.91. The first-order valence-corrected chi connectivity index (χ1v) is 3.12. The molecule has 0 fully saturated rings. The standard InChI is InChI=1S/C7H16.H2S/c1-5-7(3,4)6-2;/h5-6H2,1-4H3;1H2. The van der Waals surface area contributed by atoms with Crippen molar-refractivity contribution in [2.75, 3.05) is 0 Å². The summed E-state index contributed by atoms with van der Waals surface area (Å²) in [6.45, 7) is 9.08. The maximum absolute atomic E-state index is 2.30. The van der Waals surface area contributed by atoms with Crippen molar-refractivity contribution < 1.29 is 0 Å². The molecule has 0 aliphatic rings. The molecule has 0 aromatic carbocycles. The van der Waals surface area contributed by atoms with Crippen molar-refractivity contribution in [3.8, 4) is 0 Å². The molecule has 0 radical (unpaired) electrons. The normalized spacial score (nSPS) is 10.5. The van der Waals surface area contributed by atoms with E-state index in [4.69, 9.17) is 0 Å². The monoisotopic (exact) mass is 134 g/mol. The molecule has 0 unspecified atom stereocenters. The van der Waals surface area contributed by atoms with Gasteiger partial charge in [0.05, 0.1) is 0 Å². The van der Waals surface area contributed by atoms with Crippen molar-refractivity contribution in [1.82, 2.24) is 0 Å². The van der Waals surface area contributed by atoms with Gasteiger partial charge >= 0.3 is 0 Å². The molecule has 52 valence electrons. The first-order chi connectivity index (χ1) is 3.12. The van der Waals surface area contributed by atoms with Crippen molar-refractivity contribution in [1.29, 1.82) is 0 Å². The third-order valence-corrected chi connectivity index (χ3v) is 1.91. The van der Waals surface area contributed by atoms with Gasteiger partial charge in [0.25, 0.3) is 0 Å². The fourth-order valence-corrected chi connectivity index (χ4v) is 0.250. The largest absolute Gasteiger partial charge is 0.197 e. The van der Waals surface area contributed by atoms with Gasteiger partial charge in [0.15, 0.2) is 0 Å². The van der Waals surface area contributed by atoms with Crippen LogP contribution in [-0.2, 0) is 0 Å². The van der Waals surface area contributed by atoms with Crippen LogP contribution in [-0.4, -0.2) is 0 Å². The van der Waals surface area contributed by atoms with Gasteiger partial charge in [0.2, 0.25) is 0 Å². The Morgan fingerprint density at radius 2 is 1.25 bits per heavy atom.